The van der Waals surface area contributed by atoms with Crippen LogP contribution in [-0.2, 0) is 13.2 Å². The maximum atomic E-state index is 6.06. The second kappa shape index (κ2) is 11.2. The van der Waals surface area contributed by atoms with Gasteiger partial charge in [0, 0.05) is 19.6 Å². The molecule has 0 aliphatic rings. The van der Waals surface area contributed by atoms with Crippen LogP contribution in [0, 0.1) is 6.92 Å². The highest BCUT2D eigenvalue weighted by atomic mass is 35.5. The minimum atomic E-state index is 0. The van der Waals surface area contributed by atoms with Gasteiger partial charge in [0.1, 0.15) is 6.61 Å². The van der Waals surface area contributed by atoms with Gasteiger partial charge in [-0.3, -0.25) is 0 Å². The number of rotatable bonds is 9. The Morgan fingerprint density at radius 2 is 1.78 bits per heavy atom. The Hall–Kier alpha value is -2.80. The van der Waals surface area contributed by atoms with Gasteiger partial charge in [0.15, 0.2) is 16.6 Å². The molecule has 3 aromatic carbocycles. The fraction of sp³-hybridized carbons (Fsp3) is 0.240. The van der Waals surface area contributed by atoms with E-state index in [2.05, 4.69) is 36.1 Å². The Labute approximate surface area is 199 Å². The summed E-state index contributed by atoms with van der Waals surface area (Å²) in [5.41, 5.74) is 10.4. The number of aromatic nitrogens is 1. The zero-order valence-corrected chi connectivity index (χ0v) is 19.9. The molecule has 4 aromatic rings. The van der Waals surface area contributed by atoms with Crippen molar-refractivity contribution in [1.82, 2.24) is 4.98 Å². The number of halogens is 1. The first kappa shape index (κ1) is 23.9. The van der Waals surface area contributed by atoms with Crippen molar-refractivity contribution in [2.45, 2.75) is 20.1 Å². The summed E-state index contributed by atoms with van der Waals surface area (Å²) in [4.78, 5) is 7.01. The van der Waals surface area contributed by atoms with Gasteiger partial charge in [0.05, 0.1) is 17.3 Å². The van der Waals surface area contributed by atoms with Crippen molar-refractivity contribution in [1.29, 1.82) is 0 Å². The maximum absolute atomic E-state index is 6.06. The number of hydrogen-bond donors (Lipinski definition) is 1. The van der Waals surface area contributed by atoms with Gasteiger partial charge >= 0.3 is 0 Å². The molecule has 0 saturated heterocycles. The SMILES string of the molecule is COc1cc(CN(CCN)c2nc3ccccc3s2)ccc1OCc1ccccc1C.Cl. The first-order valence-corrected chi connectivity index (χ1v) is 11.1. The lowest BCUT2D eigenvalue weighted by molar-refractivity contribution is 0.283. The van der Waals surface area contributed by atoms with E-state index in [-0.39, 0.29) is 12.4 Å². The van der Waals surface area contributed by atoms with E-state index < -0.39 is 0 Å². The van der Waals surface area contributed by atoms with E-state index in [1.54, 1.807) is 18.4 Å². The zero-order valence-electron chi connectivity index (χ0n) is 18.3. The van der Waals surface area contributed by atoms with Gasteiger partial charge in [-0.25, -0.2) is 4.98 Å². The quantitative estimate of drug-likeness (QED) is 0.346. The number of benzene rings is 3. The summed E-state index contributed by atoms with van der Waals surface area (Å²) in [6, 6.07) is 22.5. The zero-order chi connectivity index (χ0) is 21.6. The summed E-state index contributed by atoms with van der Waals surface area (Å²) in [5, 5.41) is 0.977. The molecule has 32 heavy (non-hydrogen) atoms. The number of methoxy groups -OCH3 is 1. The third-order valence-corrected chi connectivity index (χ3v) is 6.30. The van der Waals surface area contributed by atoms with Gasteiger partial charge in [-0.15, -0.1) is 12.4 Å². The number of nitrogens with two attached hydrogens (primary N) is 1. The van der Waals surface area contributed by atoms with Crippen molar-refractivity contribution in [3.8, 4) is 11.5 Å². The molecule has 2 N–H and O–H groups in total. The monoisotopic (exact) mass is 469 g/mol. The van der Waals surface area contributed by atoms with Crippen molar-refractivity contribution in [2.24, 2.45) is 5.73 Å². The molecule has 7 heteroatoms. The van der Waals surface area contributed by atoms with E-state index in [9.17, 15) is 0 Å². The lowest BCUT2D eigenvalue weighted by atomic mass is 10.1. The van der Waals surface area contributed by atoms with Crippen molar-refractivity contribution in [2.75, 3.05) is 25.1 Å². The van der Waals surface area contributed by atoms with Gasteiger partial charge in [-0.2, -0.15) is 0 Å². The molecule has 0 fully saturated rings. The van der Waals surface area contributed by atoms with Crippen LogP contribution in [0.4, 0.5) is 5.13 Å². The highest BCUT2D eigenvalue weighted by molar-refractivity contribution is 7.22. The number of aryl methyl sites for hydroxylation is 1. The van der Waals surface area contributed by atoms with E-state index in [0.29, 0.717) is 19.7 Å². The topological polar surface area (TPSA) is 60.6 Å². The summed E-state index contributed by atoms with van der Waals surface area (Å²) in [6.07, 6.45) is 0. The summed E-state index contributed by atoms with van der Waals surface area (Å²) in [7, 11) is 1.67. The van der Waals surface area contributed by atoms with Crippen LogP contribution in [0.1, 0.15) is 16.7 Å². The van der Waals surface area contributed by atoms with Gasteiger partial charge in [-0.1, -0.05) is 53.8 Å². The average molecular weight is 470 g/mol. The fourth-order valence-corrected chi connectivity index (χ4v) is 4.46. The lowest BCUT2D eigenvalue weighted by Gasteiger charge is -2.22. The summed E-state index contributed by atoms with van der Waals surface area (Å²) < 4.78 is 12.9. The molecule has 0 amide bonds. The predicted molar refractivity (Wildman–Crippen MR) is 135 cm³/mol. The minimum absolute atomic E-state index is 0. The Balaban J connectivity index is 0.00000289. The van der Waals surface area contributed by atoms with Crippen LogP contribution in [0.2, 0.25) is 0 Å². The molecule has 1 heterocycles. The number of fused-ring (bicyclic) bond motifs is 1. The first-order valence-electron chi connectivity index (χ1n) is 10.3. The van der Waals surface area contributed by atoms with Crippen LogP contribution in [-0.4, -0.2) is 25.2 Å². The van der Waals surface area contributed by atoms with Crippen LogP contribution < -0.4 is 20.1 Å². The molecule has 4 rings (SSSR count). The molecule has 168 valence electrons. The van der Waals surface area contributed by atoms with E-state index in [0.717, 1.165) is 34.3 Å². The summed E-state index contributed by atoms with van der Waals surface area (Å²) in [6.45, 7) is 4.59. The highest BCUT2D eigenvalue weighted by Crippen LogP contribution is 2.32. The maximum Gasteiger partial charge on any atom is 0.186 e. The van der Waals surface area contributed by atoms with Crippen molar-refractivity contribution < 1.29 is 9.47 Å². The van der Waals surface area contributed by atoms with E-state index in [1.165, 1.54) is 15.8 Å². The molecule has 0 saturated carbocycles. The Kier molecular flexibility index (Phi) is 8.33. The van der Waals surface area contributed by atoms with Gasteiger partial charge in [0.25, 0.3) is 0 Å². The molecule has 0 unspecified atom stereocenters. The van der Waals surface area contributed by atoms with E-state index >= 15 is 0 Å². The highest BCUT2D eigenvalue weighted by Gasteiger charge is 2.14. The number of ether oxygens (including phenoxy) is 2. The standard InChI is InChI=1S/C25H27N3O2S.ClH/c1-18-7-3-4-8-20(18)17-30-22-12-11-19(15-23(22)29-2)16-28(14-13-26)25-27-21-9-5-6-10-24(21)31-25;/h3-12,15H,13-14,16-17,26H2,1-2H3;1H. The van der Waals surface area contributed by atoms with Crippen LogP contribution >= 0.6 is 23.7 Å². The average Bonchev–Trinajstić information content (AvgIpc) is 3.23. The smallest absolute Gasteiger partial charge is 0.186 e. The van der Waals surface area contributed by atoms with Crippen LogP contribution in [0.25, 0.3) is 10.2 Å². The molecule has 0 bridgehead atoms. The summed E-state index contributed by atoms with van der Waals surface area (Å²) in [5.74, 6) is 1.46. The summed E-state index contributed by atoms with van der Waals surface area (Å²) >= 11 is 1.69. The molecule has 0 aliphatic heterocycles. The first-order chi connectivity index (χ1) is 15.2. The minimum Gasteiger partial charge on any atom is -0.493 e. The number of thiazole rings is 1. The Bertz CT molecular complexity index is 1130. The largest absolute Gasteiger partial charge is 0.493 e. The van der Waals surface area contributed by atoms with Crippen molar-refractivity contribution in [3.05, 3.63) is 83.4 Å². The molecular formula is C25H28ClN3O2S. The Morgan fingerprint density at radius 1 is 1.00 bits per heavy atom. The number of anilines is 1. The van der Waals surface area contributed by atoms with Crippen molar-refractivity contribution >= 4 is 39.1 Å². The van der Waals surface area contributed by atoms with Crippen LogP contribution in [0.3, 0.4) is 0 Å². The molecule has 1 aromatic heterocycles. The molecule has 0 atom stereocenters. The van der Waals surface area contributed by atoms with Gasteiger partial charge < -0.3 is 20.1 Å². The molecular weight excluding hydrogens is 442 g/mol. The number of hydrogen-bond acceptors (Lipinski definition) is 6. The van der Waals surface area contributed by atoms with Crippen LogP contribution in [0.15, 0.2) is 66.7 Å². The third kappa shape index (κ3) is 5.51. The number of nitrogens with zero attached hydrogens (tertiary/aromatic N) is 2. The van der Waals surface area contributed by atoms with Gasteiger partial charge in [-0.05, 0) is 47.9 Å². The number of para-hydroxylation sites is 1. The fourth-order valence-electron chi connectivity index (χ4n) is 3.47. The third-order valence-electron chi connectivity index (χ3n) is 5.20. The van der Waals surface area contributed by atoms with Crippen molar-refractivity contribution in [3.63, 3.8) is 0 Å². The van der Waals surface area contributed by atoms with E-state index in [4.69, 9.17) is 20.2 Å². The second-order valence-corrected chi connectivity index (χ2v) is 8.38. The normalized spacial score (nSPS) is 10.6. The lowest BCUT2D eigenvalue weighted by Crippen LogP contribution is -2.28. The predicted octanol–water partition coefficient (Wildman–Crippen LogP) is 5.58. The molecule has 0 radical (unpaired) electrons. The Morgan fingerprint density at radius 3 is 2.53 bits per heavy atom. The second-order valence-electron chi connectivity index (χ2n) is 7.37. The van der Waals surface area contributed by atoms with Crippen LogP contribution in [0.5, 0.6) is 11.5 Å². The van der Waals surface area contributed by atoms with E-state index in [1.807, 2.05) is 42.5 Å². The molecule has 5 nitrogen and oxygen atoms in total. The van der Waals surface area contributed by atoms with Gasteiger partial charge in [0.2, 0.25) is 0 Å². The molecule has 0 spiro atoms. The molecule has 0 aliphatic carbocycles.